The van der Waals surface area contributed by atoms with Gasteiger partial charge in [0, 0.05) is 0 Å². The molecule has 0 radical (unpaired) electrons. The van der Waals surface area contributed by atoms with Crippen LogP contribution >= 0.6 is 0 Å². The zero-order valence-electron chi connectivity index (χ0n) is 21.8. The quantitative estimate of drug-likeness (QED) is 0.0846. The van der Waals surface area contributed by atoms with Crippen LogP contribution in [0.3, 0.4) is 0 Å². The van der Waals surface area contributed by atoms with E-state index < -0.39 is 24.2 Å². The van der Waals surface area contributed by atoms with Gasteiger partial charge >= 0.3 is 24.2 Å². The van der Waals surface area contributed by atoms with Crippen molar-refractivity contribution in [1.29, 1.82) is 0 Å². The molecule has 0 N–H and O–H groups in total. The third kappa shape index (κ3) is 10.9. The second-order valence-electron chi connectivity index (χ2n) is 8.26. The van der Waals surface area contributed by atoms with Crippen LogP contribution in [-0.2, 0) is 19.2 Å². The smallest absolute Gasteiger partial charge is 0.434 e. The van der Waals surface area contributed by atoms with Crippen LogP contribution in [0.15, 0.2) is 48.5 Å². The van der Waals surface area contributed by atoms with Gasteiger partial charge in [-0.1, -0.05) is 76.6 Å². The number of hydrogen-bond donors (Lipinski definition) is 0. The molecule has 0 aliphatic rings. The molecule has 2 aromatic rings. The largest absolute Gasteiger partial charge is 0.513 e. The monoisotopic (exact) mass is 530 g/mol. The van der Waals surface area contributed by atoms with Gasteiger partial charge < -0.3 is 18.9 Å². The number of ether oxygens (including phenoxy) is 4. The number of hydrogen-bond acceptors (Lipinski definition) is 10. The van der Waals surface area contributed by atoms with Crippen LogP contribution in [0.5, 0.6) is 11.5 Å². The Morgan fingerprint density at radius 3 is 1.34 bits per heavy atom. The van der Waals surface area contributed by atoms with Crippen LogP contribution in [0.2, 0.25) is 0 Å². The van der Waals surface area contributed by atoms with Crippen LogP contribution in [0.4, 0.5) is 9.59 Å². The van der Waals surface area contributed by atoms with E-state index in [1.165, 1.54) is 36.4 Å². The van der Waals surface area contributed by atoms with Gasteiger partial charge in [0.1, 0.15) is 22.6 Å². The molecule has 10 nitrogen and oxygen atoms in total. The number of carbonyl (C=O) groups excluding carboxylic acids is 4. The third-order valence-electron chi connectivity index (χ3n) is 5.23. The Kier molecular flexibility index (Phi) is 13.8. The summed E-state index contributed by atoms with van der Waals surface area (Å²) in [7, 11) is 0. The predicted octanol–water partition coefficient (Wildman–Crippen LogP) is 6.81. The summed E-state index contributed by atoms with van der Waals surface area (Å²) in [6, 6.07) is 11.5. The molecular formula is C28H34O10. The number of benzene rings is 2. The van der Waals surface area contributed by atoms with Crippen LogP contribution in [0.25, 0.3) is 0 Å². The molecule has 0 saturated carbocycles. The molecule has 0 saturated heterocycles. The molecule has 10 heteroatoms. The van der Waals surface area contributed by atoms with E-state index in [4.69, 9.17) is 18.9 Å². The van der Waals surface area contributed by atoms with Gasteiger partial charge in [-0.05, 0) is 37.1 Å². The highest BCUT2D eigenvalue weighted by atomic mass is 17.2. The maximum absolute atomic E-state index is 12.5. The highest BCUT2D eigenvalue weighted by Crippen LogP contribution is 2.22. The van der Waals surface area contributed by atoms with Crippen molar-refractivity contribution in [3.63, 3.8) is 0 Å². The summed E-state index contributed by atoms with van der Waals surface area (Å²) in [5.41, 5.74) is -0.334. The van der Waals surface area contributed by atoms with Gasteiger partial charge in [0.05, 0.1) is 13.2 Å². The summed E-state index contributed by atoms with van der Waals surface area (Å²) in [5.74, 6) is -2.43. The van der Waals surface area contributed by atoms with Crippen molar-refractivity contribution in [2.24, 2.45) is 0 Å². The van der Waals surface area contributed by atoms with Gasteiger partial charge in [0.25, 0.3) is 0 Å². The summed E-state index contributed by atoms with van der Waals surface area (Å²) in [5, 5.41) is 0. The lowest BCUT2D eigenvalue weighted by molar-refractivity contribution is -0.187. The van der Waals surface area contributed by atoms with Crippen LogP contribution in [0, 0.1) is 0 Å². The maximum Gasteiger partial charge on any atom is 0.513 e. The van der Waals surface area contributed by atoms with Crippen molar-refractivity contribution in [2.45, 2.75) is 65.2 Å². The van der Waals surface area contributed by atoms with Crippen molar-refractivity contribution >= 4 is 24.2 Å². The summed E-state index contributed by atoms with van der Waals surface area (Å²) in [4.78, 5) is 58.3. The average molecular weight is 531 g/mol. The molecule has 0 aliphatic heterocycles. The second-order valence-corrected chi connectivity index (χ2v) is 8.26. The summed E-state index contributed by atoms with van der Waals surface area (Å²) >= 11 is 0. The first kappa shape index (κ1) is 30.1. The average Bonchev–Trinajstić information content (AvgIpc) is 2.92. The zero-order chi connectivity index (χ0) is 27.6. The molecule has 0 unspecified atom stereocenters. The van der Waals surface area contributed by atoms with E-state index in [2.05, 4.69) is 23.6 Å². The molecule has 0 atom stereocenters. The molecular weight excluding hydrogens is 496 g/mol. The van der Waals surface area contributed by atoms with Gasteiger partial charge in [0.15, 0.2) is 0 Å². The molecule has 38 heavy (non-hydrogen) atoms. The standard InChI is InChI=1S/C28H34O10/c1-3-5-7-13-19-33-27(31)35-23-17-11-9-15-21(23)25(29)37-38-26(30)22-16-10-12-18-24(22)36-28(32)34-20-14-8-6-4-2/h9-12,15-18H,3-8,13-14,19-20H2,1-2H3. The van der Waals surface area contributed by atoms with Gasteiger partial charge in [-0.15, -0.1) is 0 Å². The van der Waals surface area contributed by atoms with E-state index in [1.54, 1.807) is 12.1 Å². The molecule has 0 aromatic heterocycles. The third-order valence-corrected chi connectivity index (χ3v) is 5.23. The van der Waals surface area contributed by atoms with Crippen LogP contribution in [-0.4, -0.2) is 37.5 Å². The molecule has 0 fully saturated rings. The van der Waals surface area contributed by atoms with Gasteiger partial charge in [-0.3, -0.25) is 0 Å². The highest BCUT2D eigenvalue weighted by Gasteiger charge is 2.22. The van der Waals surface area contributed by atoms with Gasteiger partial charge in [-0.2, -0.15) is 0 Å². The highest BCUT2D eigenvalue weighted by molar-refractivity contribution is 5.96. The fourth-order valence-electron chi connectivity index (χ4n) is 3.22. The Bertz CT molecular complexity index is 966. The first-order chi connectivity index (χ1) is 18.5. The summed E-state index contributed by atoms with van der Waals surface area (Å²) < 4.78 is 20.3. The van der Waals surface area contributed by atoms with E-state index in [9.17, 15) is 19.2 Å². The fraction of sp³-hybridized carbons (Fsp3) is 0.429. The van der Waals surface area contributed by atoms with E-state index in [0.717, 1.165) is 38.5 Å². The van der Waals surface area contributed by atoms with Crippen molar-refractivity contribution in [3.8, 4) is 11.5 Å². The van der Waals surface area contributed by atoms with E-state index in [1.807, 2.05) is 0 Å². The lowest BCUT2D eigenvalue weighted by Crippen LogP contribution is -2.17. The minimum Gasteiger partial charge on any atom is -0.434 e. The van der Waals surface area contributed by atoms with Gasteiger partial charge in [0.2, 0.25) is 0 Å². The molecule has 0 heterocycles. The Labute approximate surface area is 222 Å². The molecule has 0 bridgehead atoms. The number of carbonyl (C=O) groups is 4. The number of para-hydroxylation sites is 2. The molecule has 2 rings (SSSR count). The summed E-state index contributed by atoms with van der Waals surface area (Å²) in [6.45, 7) is 4.53. The van der Waals surface area contributed by atoms with E-state index in [0.29, 0.717) is 12.8 Å². The molecule has 0 spiro atoms. The van der Waals surface area contributed by atoms with Crippen molar-refractivity contribution in [2.75, 3.05) is 13.2 Å². The minimum absolute atomic E-state index is 0.127. The molecule has 2 aromatic carbocycles. The normalized spacial score (nSPS) is 10.3. The number of rotatable bonds is 14. The van der Waals surface area contributed by atoms with Crippen molar-refractivity contribution < 1.29 is 47.9 Å². The van der Waals surface area contributed by atoms with Crippen molar-refractivity contribution in [3.05, 3.63) is 59.7 Å². The van der Waals surface area contributed by atoms with Crippen LogP contribution in [0.1, 0.15) is 85.9 Å². The minimum atomic E-state index is -1.09. The Hall–Kier alpha value is -4.08. The molecule has 0 amide bonds. The van der Waals surface area contributed by atoms with E-state index in [-0.39, 0.29) is 35.8 Å². The van der Waals surface area contributed by atoms with E-state index >= 15 is 0 Å². The van der Waals surface area contributed by atoms with Gasteiger partial charge in [-0.25, -0.2) is 29.0 Å². The molecule has 206 valence electrons. The molecule has 0 aliphatic carbocycles. The number of unbranched alkanes of at least 4 members (excludes halogenated alkanes) is 6. The Morgan fingerprint density at radius 1 is 0.553 bits per heavy atom. The lowest BCUT2D eigenvalue weighted by Gasteiger charge is -2.11. The topological polar surface area (TPSA) is 124 Å². The first-order valence-electron chi connectivity index (χ1n) is 12.8. The SMILES string of the molecule is CCCCCCOC(=O)Oc1ccccc1C(=O)OOC(=O)c1ccccc1OC(=O)OCCCCCC. The second kappa shape index (κ2) is 17.4. The maximum atomic E-state index is 12.5. The van der Waals surface area contributed by atoms with Crippen molar-refractivity contribution in [1.82, 2.24) is 0 Å². The van der Waals surface area contributed by atoms with Crippen LogP contribution < -0.4 is 9.47 Å². The fourth-order valence-corrected chi connectivity index (χ4v) is 3.22. The lowest BCUT2D eigenvalue weighted by atomic mass is 10.2. The Balaban J connectivity index is 1.91. The summed E-state index contributed by atoms with van der Waals surface area (Å²) in [6.07, 6.45) is 5.47. The zero-order valence-corrected chi connectivity index (χ0v) is 21.8. The predicted molar refractivity (Wildman–Crippen MR) is 136 cm³/mol. The first-order valence-corrected chi connectivity index (χ1v) is 12.8. The Morgan fingerprint density at radius 2 is 0.947 bits per heavy atom.